The summed E-state index contributed by atoms with van der Waals surface area (Å²) in [6, 6.07) is 8.00. The number of rotatable bonds is 4. The fraction of sp³-hybridized carbons (Fsp3) is 0.429. The van der Waals surface area contributed by atoms with Crippen molar-refractivity contribution in [3.63, 3.8) is 0 Å². The monoisotopic (exact) mass is 376 g/mol. The zero-order valence-corrected chi connectivity index (χ0v) is 15.8. The second kappa shape index (κ2) is 7.31. The maximum atomic E-state index is 9.38. The predicted octanol–water partition coefficient (Wildman–Crippen LogP) is 2.23. The molecule has 0 amide bonds. The highest BCUT2D eigenvalue weighted by Crippen LogP contribution is 2.35. The fourth-order valence-corrected chi connectivity index (χ4v) is 4.16. The maximum absolute atomic E-state index is 9.38. The number of aromatic nitrogens is 4. The number of nitrogens with zero attached hydrogens (tertiary/aromatic N) is 6. The van der Waals surface area contributed by atoms with E-state index in [4.69, 9.17) is 4.98 Å². The molecule has 3 aromatic heterocycles. The summed E-state index contributed by atoms with van der Waals surface area (Å²) in [4.78, 5) is 23.0. The average molecular weight is 376 g/mol. The van der Waals surface area contributed by atoms with Gasteiger partial charge < -0.3 is 14.9 Å². The van der Waals surface area contributed by atoms with Gasteiger partial charge in [0.05, 0.1) is 16.7 Å². The molecule has 5 heterocycles. The zero-order chi connectivity index (χ0) is 18.9. The van der Waals surface area contributed by atoms with Gasteiger partial charge in [0.2, 0.25) is 0 Å². The average Bonchev–Trinajstić information content (AvgIpc) is 2.73. The first kappa shape index (κ1) is 17.3. The molecule has 144 valence electrons. The summed E-state index contributed by atoms with van der Waals surface area (Å²) in [6.07, 6.45) is 7.40. The molecule has 1 N–H and O–H groups in total. The van der Waals surface area contributed by atoms with Gasteiger partial charge in [-0.15, -0.1) is 0 Å². The van der Waals surface area contributed by atoms with Crippen LogP contribution in [0.4, 0.5) is 11.6 Å². The van der Waals surface area contributed by atoms with E-state index in [1.165, 1.54) is 0 Å². The van der Waals surface area contributed by atoms with Crippen LogP contribution in [0.3, 0.4) is 0 Å². The summed E-state index contributed by atoms with van der Waals surface area (Å²) in [5.74, 6) is 2.79. The van der Waals surface area contributed by atoms with E-state index in [2.05, 4.69) is 24.8 Å². The van der Waals surface area contributed by atoms with Crippen LogP contribution in [-0.2, 0) is 0 Å². The van der Waals surface area contributed by atoms with Crippen molar-refractivity contribution in [3.05, 3.63) is 48.5 Å². The van der Waals surface area contributed by atoms with Crippen LogP contribution >= 0.6 is 0 Å². The Morgan fingerprint density at radius 3 is 2.54 bits per heavy atom. The highest BCUT2D eigenvalue weighted by Gasteiger charge is 2.34. The van der Waals surface area contributed by atoms with E-state index in [1.54, 1.807) is 18.6 Å². The third-order valence-corrected chi connectivity index (χ3v) is 5.91. The first-order chi connectivity index (χ1) is 13.8. The minimum absolute atomic E-state index is 0.285. The van der Waals surface area contributed by atoms with Crippen molar-refractivity contribution in [2.24, 2.45) is 5.92 Å². The van der Waals surface area contributed by atoms with Crippen molar-refractivity contribution in [2.45, 2.75) is 18.8 Å². The Bertz CT molecular complexity index is 966. The Labute approximate surface area is 164 Å². The van der Waals surface area contributed by atoms with Crippen LogP contribution < -0.4 is 9.80 Å². The van der Waals surface area contributed by atoms with Gasteiger partial charge in [-0.2, -0.15) is 0 Å². The second-order valence-electron chi connectivity index (χ2n) is 7.69. The second-order valence-corrected chi connectivity index (χ2v) is 7.69. The lowest BCUT2D eigenvalue weighted by Crippen LogP contribution is -2.47. The summed E-state index contributed by atoms with van der Waals surface area (Å²) >= 11 is 0. The zero-order valence-electron chi connectivity index (χ0n) is 15.8. The van der Waals surface area contributed by atoms with Gasteiger partial charge in [-0.25, -0.2) is 9.97 Å². The van der Waals surface area contributed by atoms with Crippen molar-refractivity contribution >= 4 is 22.7 Å². The van der Waals surface area contributed by atoms with E-state index >= 15 is 0 Å². The Morgan fingerprint density at radius 1 is 0.893 bits per heavy atom. The van der Waals surface area contributed by atoms with Gasteiger partial charge in [-0.1, -0.05) is 0 Å². The summed E-state index contributed by atoms with van der Waals surface area (Å²) in [5.41, 5.74) is 2.94. The van der Waals surface area contributed by atoms with Crippen LogP contribution in [0.5, 0.6) is 0 Å². The largest absolute Gasteiger partial charge is 0.396 e. The van der Waals surface area contributed by atoms with E-state index in [0.717, 1.165) is 67.4 Å². The molecule has 0 saturated carbocycles. The number of piperidine rings is 1. The molecule has 0 atom stereocenters. The Hall–Kier alpha value is -2.80. The number of aliphatic hydroxyl groups excluding tert-OH is 1. The van der Waals surface area contributed by atoms with Crippen molar-refractivity contribution in [1.29, 1.82) is 0 Å². The molecule has 2 fully saturated rings. The molecule has 0 radical (unpaired) electrons. The summed E-state index contributed by atoms with van der Waals surface area (Å²) in [5, 5.41) is 9.38. The number of pyridine rings is 2. The molecule has 28 heavy (non-hydrogen) atoms. The van der Waals surface area contributed by atoms with Gasteiger partial charge >= 0.3 is 0 Å². The van der Waals surface area contributed by atoms with E-state index in [0.29, 0.717) is 11.8 Å². The standard InChI is InChI=1S/C21H24N6O/c28-14-15-5-10-26(11-6-15)21-20(23-8-9-24-21)16-12-27(13-16)19-4-3-17-18(25-19)2-1-7-22-17/h1-4,7-9,15-16,28H,5-6,10-14H2. The van der Waals surface area contributed by atoms with E-state index in [1.807, 2.05) is 24.3 Å². The van der Waals surface area contributed by atoms with Crippen LogP contribution in [0.15, 0.2) is 42.9 Å². The molecule has 2 aliphatic heterocycles. The lowest BCUT2D eigenvalue weighted by Gasteiger charge is -2.41. The van der Waals surface area contributed by atoms with Crippen molar-refractivity contribution < 1.29 is 5.11 Å². The van der Waals surface area contributed by atoms with Gasteiger partial charge in [0.25, 0.3) is 0 Å². The van der Waals surface area contributed by atoms with Crippen LogP contribution in [-0.4, -0.2) is 57.8 Å². The number of hydrogen-bond acceptors (Lipinski definition) is 7. The molecular weight excluding hydrogens is 352 g/mol. The highest BCUT2D eigenvalue weighted by atomic mass is 16.3. The lowest BCUT2D eigenvalue weighted by molar-refractivity contribution is 0.202. The minimum atomic E-state index is 0.285. The van der Waals surface area contributed by atoms with Gasteiger partial charge in [-0.3, -0.25) is 9.97 Å². The first-order valence-corrected chi connectivity index (χ1v) is 9.95. The molecule has 7 nitrogen and oxygen atoms in total. The summed E-state index contributed by atoms with van der Waals surface area (Å²) in [6.45, 7) is 3.96. The predicted molar refractivity (Wildman–Crippen MR) is 109 cm³/mol. The quantitative estimate of drug-likeness (QED) is 0.748. The Balaban J connectivity index is 1.31. The molecule has 0 unspecified atom stereocenters. The summed E-state index contributed by atoms with van der Waals surface area (Å²) in [7, 11) is 0. The number of hydrogen-bond donors (Lipinski definition) is 1. The number of anilines is 2. The molecule has 0 aromatic carbocycles. The van der Waals surface area contributed by atoms with Gasteiger partial charge in [0, 0.05) is 57.3 Å². The Kier molecular flexibility index (Phi) is 4.52. The molecular formula is C21H24N6O. The molecule has 2 aliphatic rings. The van der Waals surface area contributed by atoms with Crippen molar-refractivity contribution in [3.8, 4) is 0 Å². The molecule has 3 aromatic rings. The molecule has 0 bridgehead atoms. The molecule has 0 spiro atoms. The lowest BCUT2D eigenvalue weighted by atomic mass is 9.93. The Morgan fingerprint density at radius 2 is 1.71 bits per heavy atom. The third-order valence-electron chi connectivity index (χ3n) is 5.91. The smallest absolute Gasteiger partial charge is 0.150 e. The van der Waals surface area contributed by atoms with Crippen molar-refractivity contribution in [2.75, 3.05) is 42.6 Å². The first-order valence-electron chi connectivity index (χ1n) is 9.95. The maximum Gasteiger partial charge on any atom is 0.150 e. The third kappa shape index (κ3) is 3.16. The fourth-order valence-electron chi connectivity index (χ4n) is 4.16. The van der Waals surface area contributed by atoms with Crippen LogP contribution in [0.25, 0.3) is 11.0 Å². The van der Waals surface area contributed by atoms with Crippen LogP contribution in [0, 0.1) is 5.92 Å². The van der Waals surface area contributed by atoms with Crippen LogP contribution in [0.1, 0.15) is 24.5 Å². The number of fused-ring (bicyclic) bond motifs is 1. The molecule has 2 saturated heterocycles. The highest BCUT2D eigenvalue weighted by molar-refractivity contribution is 5.76. The normalized spacial score (nSPS) is 18.5. The van der Waals surface area contributed by atoms with Gasteiger partial charge in [0.1, 0.15) is 5.82 Å². The van der Waals surface area contributed by atoms with Gasteiger partial charge in [-0.05, 0) is 43.0 Å². The minimum Gasteiger partial charge on any atom is -0.396 e. The summed E-state index contributed by atoms with van der Waals surface area (Å²) < 4.78 is 0. The topological polar surface area (TPSA) is 78.3 Å². The van der Waals surface area contributed by atoms with Crippen LogP contribution in [0.2, 0.25) is 0 Å². The van der Waals surface area contributed by atoms with Gasteiger partial charge in [0.15, 0.2) is 5.82 Å². The number of aliphatic hydroxyl groups is 1. The van der Waals surface area contributed by atoms with E-state index < -0.39 is 0 Å². The van der Waals surface area contributed by atoms with E-state index in [-0.39, 0.29) is 6.61 Å². The SMILES string of the molecule is OCC1CCN(c2nccnc2C2CN(c3ccc4ncccc4n3)C2)CC1. The molecule has 7 heteroatoms. The molecule has 0 aliphatic carbocycles. The van der Waals surface area contributed by atoms with Crippen molar-refractivity contribution in [1.82, 2.24) is 19.9 Å². The van der Waals surface area contributed by atoms with E-state index in [9.17, 15) is 5.11 Å². The molecule has 5 rings (SSSR count).